The van der Waals surface area contributed by atoms with E-state index in [1.54, 1.807) is 0 Å². The van der Waals surface area contributed by atoms with Gasteiger partial charge in [-0.1, -0.05) is 71.1 Å². The van der Waals surface area contributed by atoms with Crippen molar-refractivity contribution in [2.24, 2.45) is 17.8 Å². The van der Waals surface area contributed by atoms with E-state index < -0.39 is 23.6 Å². The molecule has 6 N–H and O–H groups in total. The summed E-state index contributed by atoms with van der Waals surface area (Å²) in [5.74, 6) is -1.91. The van der Waals surface area contributed by atoms with Crippen molar-refractivity contribution in [3.05, 3.63) is 24.0 Å². The van der Waals surface area contributed by atoms with Gasteiger partial charge < -0.3 is 30.7 Å². The van der Waals surface area contributed by atoms with Crippen molar-refractivity contribution in [1.29, 1.82) is 0 Å². The average Bonchev–Trinajstić information content (AvgIpc) is 3.53. The van der Waals surface area contributed by atoms with Gasteiger partial charge in [0.25, 0.3) is 0 Å². The topological polar surface area (TPSA) is 126 Å². The number of aliphatic hydroxyl groups excluding tert-OH is 2. The van der Waals surface area contributed by atoms with Crippen LogP contribution in [0.2, 0.25) is 0 Å². The Morgan fingerprint density at radius 3 is 2.32 bits per heavy atom. The molecule has 1 aliphatic rings. The van der Waals surface area contributed by atoms with Crippen LogP contribution in [0, 0.1) is 17.8 Å². The fourth-order valence-corrected chi connectivity index (χ4v) is 6.53. The Morgan fingerprint density at radius 1 is 1.08 bits per heavy atom. The first kappa shape index (κ1) is 32.8. The Morgan fingerprint density at radius 2 is 1.74 bits per heavy atom. The minimum absolute atomic E-state index is 0.0849. The van der Waals surface area contributed by atoms with Crippen LogP contribution in [0.4, 0.5) is 0 Å². The zero-order valence-corrected chi connectivity index (χ0v) is 24.0. The van der Waals surface area contributed by atoms with Crippen molar-refractivity contribution < 1.29 is 25.2 Å². The van der Waals surface area contributed by atoms with Gasteiger partial charge in [0.2, 0.25) is 0 Å². The monoisotopic (exact) mass is 536 g/mol. The molecule has 2 rings (SSSR count). The summed E-state index contributed by atoms with van der Waals surface area (Å²) in [5, 5.41) is 46.1. The maximum atomic E-state index is 12.1. The van der Waals surface area contributed by atoms with E-state index in [9.17, 15) is 25.2 Å². The number of aliphatic carboxylic acids is 1. The first-order chi connectivity index (χ1) is 18.3. The number of hydrogen-bond acceptors (Lipinski definition) is 5. The number of hydrogen-bond donors (Lipinski definition) is 6. The highest BCUT2D eigenvalue weighted by molar-refractivity contribution is 5.70. The average molecular weight is 537 g/mol. The van der Waals surface area contributed by atoms with Crippen LogP contribution in [0.5, 0.6) is 0 Å². The summed E-state index contributed by atoms with van der Waals surface area (Å²) in [4.78, 5) is 15.3. The van der Waals surface area contributed by atoms with Crippen molar-refractivity contribution in [2.45, 2.75) is 134 Å². The van der Waals surface area contributed by atoms with Gasteiger partial charge in [-0.3, -0.25) is 4.79 Å². The molecule has 1 saturated carbocycles. The summed E-state index contributed by atoms with van der Waals surface area (Å²) >= 11 is 0. The van der Waals surface area contributed by atoms with Crippen LogP contribution in [0.3, 0.4) is 0 Å². The predicted octanol–water partition coefficient (Wildman–Crippen LogP) is 5.44. The molecule has 0 aliphatic heterocycles. The molecule has 1 aromatic rings. The molecule has 220 valence electrons. The van der Waals surface area contributed by atoms with E-state index >= 15 is 0 Å². The normalized spacial score (nSPS) is 22.8. The fraction of sp³-hybridized carbons (Fsp3) is 0.839. The molecular formula is C31H56N2O5. The highest BCUT2D eigenvalue weighted by Crippen LogP contribution is 2.44. The molecule has 0 bridgehead atoms. The second-order valence-corrected chi connectivity index (χ2v) is 11.8. The molecule has 1 fully saturated rings. The quantitative estimate of drug-likeness (QED) is 0.110. The van der Waals surface area contributed by atoms with Crippen LogP contribution < -0.4 is 5.32 Å². The van der Waals surface area contributed by atoms with Gasteiger partial charge in [-0.05, 0) is 70.0 Å². The molecule has 0 radical (unpaired) electrons. The number of carboxylic acids is 1. The Hall–Kier alpha value is -1.41. The maximum Gasteiger partial charge on any atom is 0.309 e. The SMILES string of the molecule is CCCCCCC[C@H](O)CCCCCC[C@H](C(=O)O)[C@H](O)C[C@@H](CNC)[C@@]1(O)CCC[C@H]1Cc1ccc[nH]1. The van der Waals surface area contributed by atoms with E-state index in [0.29, 0.717) is 19.4 Å². The molecule has 1 heterocycles. The highest BCUT2D eigenvalue weighted by Gasteiger charge is 2.47. The Labute approximate surface area is 230 Å². The van der Waals surface area contributed by atoms with E-state index in [-0.39, 0.29) is 24.4 Å². The molecule has 0 saturated heterocycles. The third kappa shape index (κ3) is 11.0. The van der Waals surface area contributed by atoms with Gasteiger partial charge in [0.15, 0.2) is 0 Å². The lowest BCUT2D eigenvalue weighted by Gasteiger charge is -2.39. The minimum atomic E-state index is -0.990. The lowest BCUT2D eigenvalue weighted by Crippen LogP contribution is -2.48. The number of carboxylic acid groups (broad SMARTS) is 1. The second-order valence-electron chi connectivity index (χ2n) is 11.8. The highest BCUT2D eigenvalue weighted by atomic mass is 16.4. The maximum absolute atomic E-state index is 12.1. The minimum Gasteiger partial charge on any atom is -0.481 e. The van der Waals surface area contributed by atoms with Gasteiger partial charge >= 0.3 is 5.97 Å². The van der Waals surface area contributed by atoms with Gasteiger partial charge in [-0.15, -0.1) is 0 Å². The number of aliphatic hydroxyl groups is 3. The van der Waals surface area contributed by atoms with Gasteiger partial charge in [0.05, 0.1) is 23.7 Å². The lowest BCUT2D eigenvalue weighted by atomic mass is 9.73. The Bertz CT molecular complexity index is 743. The summed E-state index contributed by atoms with van der Waals surface area (Å²) in [7, 11) is 1.84. The van der Waals surface area contributed by atoms with Crippen molar-refractivity contribution in [3.63, 3.8) is 0 Å². The van der Waals surface area contributed by atoms with Crippen LogP contribution in [-0.4, -0.2) is 62.8 Å². The van der Waals surface area contributed by atoms with Crippen LogP contribution in [-0.2, 0) is 11.2 Å². The second kappa shape index (κ2) is 18.0. The van der Waals surface area contributed by atoms with Crippen molar-refractivity contribution in [2.75, 3.05) is 13.6 Å². The molecule has 1 aliphatic carbocycles. The molecule has 0 amide bonds. The van der Waals surface area contributed by atoms with Gasteiger partial charge in [-0.2, -0.15) is 0 Å². The number of aromatic amines is 1. The number of carbonyl (C=O) groups is 1. The standard InChI is InChI=1S/C31H56N2O5/c1-3-4-5-6-9-16-27(34)17-10-7-8-11-18-28(30(36)37)29(35)22-25(23-32-2)31(38)19-12-14-24(31)21-26-15-13-20-33-26/h13,15,20,24-25,27-29,32-35,38H,3-12,14,16-19,21-23H2,1-2H3,(H,36,37)/t24-,25-,27-,28-,29+,31+/m0/s1. The Balaban J connectivity index is 1.78. The van der Waals surface area contributed by atoms with E-state index in [1.807, 2.05) is 25.4 Å². The van der Waals surface area contributed by atoms with Crippen LogP contribution >= 0.6 is 0 Å². The molecule has 38 heavy (non-hydrogen) atoms. The van der Waals surface area contributed by atoms with E-state index in [2.05, 4.69) is 17.2 Å². The molecule has 6 atom stereocenters. The van der Waals surface area contributed by atoms with Gasteiger partial charge in [0.1, 0.15) is 0 Å². The number of nitrogens with one attached hydrogen (secondary N) is 2. The molecular weight excluding hydrogens is 480 g/mol. The van der Waals surface area contributed by atoms with Crippen LogP contribution in [0.15, 0.2) is 18.3 Å². The van der Waals surface area contributed by atoms with Crippen LogP contribution in [0.25, 0.3) is 0 Å². The first-order valence-electron chi connectivity index (χ1n) is 15.4. The molecule has 0 spiro atoms. The van der Waals surface area contributed by atoms with E-state index in [4.69, 9.17) is 0 Å². The van der Waals surface area contributed by atoms with Crippen molar-refractivity contribution in [1.82, 2.24) is 10.3 Å². The molecule has 1 aromatic heterocycles. The fourth-order valence-electron chi connectivity index (χ4n) is 6.53. The predicted molar refractivity (Wildman–Crippen MR) is 153 cm³/mol. The molecule has 0 aromatic carbocycles. The smallest absolute Gasteiger partial charge is 0.309 e. The molecule has 7 heteroatoms. The van der Waals surface area contributed by atoms with Crippen LogP contribution in [0.1, 0.15) is 115 Å². The summed E-state index contributed by atoms with van der Waals surface area (Å²) < 4.78 is 0. The Kier molecular flexibility index (Phi) is 15.6. The lowest BCUT2D eigenvalue weighted by molar-refractivity contribution is -0.147. The third-order valence-electron chi connectivity index (χ3n) is 8.87. The zero-order chi connectivity index (χ0) is 27.8. The van der Waals surface area contributed by atoms with Gasteiger partial charge in [-0.25, -0.2) is 0 Å². The van der Waals surface area contributed by atoms with E-state index in [0.717, 1.165) is 69.9 Å². The largest absolute Gasteiger partial charge is 0.481 e. The van der Waals surface area contributed by atoms with Gasteiger partial charge in [0, 0.05) is 24.4 Å². The number of rotatable bonds is 22. The summed E-state index contributed by atoms with van der Waals surface area (Å²) in [6.45, 7) is 2.75. The molecule has 7 nitrogen and oxygen atoms in total. The van der Waals surface area contributed by atoms with E-state index in [1.165, 1.54) is 25.7 Å². The van der Waals surface area contributed by atoms with Crippen molar-refractivity contribution >= 4 is 5.97 Å². The summed E-state index contributed by atoms with van der Waals surface area (Å²) in [6.07, 6.45) is 16.0. The van der Waals surface area contributed by atoms with Crippen molar-refractivity contribution in [3.8, 4) is 0 Å². The third-order valence-corrected chi connectivity index (χ3v) is 8.87. The summed E-state index contributed by atoms with van der Waals surface area (Å²) in [5.41, 5.74) is 0.177. The zero-order valence-electron chi connectivity index (χ0n) is 24.0. The first-order valence-corrected chi connectivity index (χ1v) is 15.4. The number of aromatic nitrogens is 1. The number of unbranched alkanes of at least 4 members (excludes halogenated alkanes) is 7. The number of H-pyrrole nitrogens is 1. The summed E-state index contributed by atoms with van der Waals surface area (Å²) in [6, 6.07) is 4.00. The molecule has 0 unspecified atom stereocenters.